The first-order valence-corrected chi connectivity index (χ1v) is 21.5. The summed E-state index contributed by atoms with van der Waals surface area (Å²) in [6, 6.07) is 81.1. The van der Waals surface area contributed by atoms with Crippen LogP contribution in [0.1, 0.15) is 5.56 Å². The molecule has 9 aromatic carbocycles. The molecule has 0 spiro atoms. The number of fused-ring (bicyclic) bond motifs is 6. The van der Waals surface area contributed by atoms with Crippen molar-refractivity contribution in [2.24, 2.45) is 0 Å². The van der Waals surface area contributed by atoms with E-state index in [9.17, 15) is 5.26 Å². The van der Waals surface area contributed by atoms with Gasteiger partial charge in [-0.15, -0.1) is 0 Å². The van der Waals surface area contributed by atoms with Gasteiger partial charge in [0.15, 0.2) is 5.82 Å². The summed E-state index contributed by atoms with van der Waals surface area (Å²) in [4.78, 5) is 9.90. The lowest BCUT2D eigenvalue weighted by atomic mass is 9.98. The van der Waals surface area contributed by atoms with Crippen molar-refractivity contribution in [1.29, 1.82) is 5.26 Å². The predicted molar refractivity (Wildman–Crippen MR) is 263 cm³/mol. The molecule has 5 nitrogen and oxygen atoms in total. The second-order valence-electron chi connectivity index (χ2n) is 16.1. The third-order valence-electron chi connectivity index (χ3n) is 12.4. The molecule has 12 rings (SSSR count). The van der Waals surface area contributed by atoms with Gasteiger partial charge < -0.3 is 9.13 Å². The van der Waals surface area contributed by atoms with Crippen LogP contribution in [0.4, 0.5) is 0 Å². The molecule has 12 aromatic rings. The van der Waals surface area contributed by atoms with Crippen LogP contribution in [0, 0.1) is 11.3 Å². The average Bonchev–Trinajstić information content (AvgIpc) is 3.89. The van der Waals surface area contributed by atoms with Gasteiger partial charge in [0, 0.05) is 49.6 Å². The van der Waals surface area contributed by atoms with Gasteiger partial charge in [0.1, 0.15) is 0 Å². The van der Waals surface area contributed by atoms with Gasteiger partial charge in [0.2, 0.25) is 0 Å². The molecule has 0 fully saturated rings. The standard InChI is InChI=1S/C59H37N5/c60-38-39-11-10-14-46(35-39)59-61-53(44-12-2-1-3-13-44)37-54(62-59)45-27-25-42(26-28-45)40-21-23-41(24-22-40)43-29-31-47(32-30-43)63-57-20-9-6-17-51(57)52-36-48(33-34-58(52)63)64-55-18-7-4-15-49(55)50-16-5-8-19-56(50)64/h1-37H. The number of hydrogen-bond acceptors (Lipinski definition) is 3. The van der Waals surface area contributed by atoms with Gasteiger partial charge in [0.25, 0.3) is 0 Å². The molecule has 0 aliphatic carbocycles. The van der Waals surface area contributed by atoms with Gasteiger partial charge in [0.05, 0.1) is 45.1 Å². The number of rotatable bonds is 7. The molecule has 5 heteroatoms. The molecule has 298 valence electrons. The highest BCUT2D eigenvalue weighted by Gasteiger charge is 2.17. The highest BCUT2D eigenvalue weighted by atomic mass is 15.0. The van der Waals surface area contributed by atoms with E-state index >= 15 is 0 Å². The maximum atomic E-state index is 9.54. The zero-order valence-corrected chi connectivity index (χ0v) is 34.6. The van der Waals surface area contributed by atoms with Crippen molar-refractivity contribution in [3.05, 3.63) is 230 Å². The Balaban J connectivity index is 0.836. The summed E-state index contributed by atoms with van der Waals surface area (Å²) in [6.07, 6.45) is 0. The van der Waals surface area contributed by atoms with Gasteiger partial charge in [-0.05, 0) is 89.0 Å². The first kappa shape index (κ1) is 37.0. The van der Waals surface area contributed by atoms with Crippen LogP contribution in [-0.4, -0.2) is 19.1 Å². The zero-order chi connectivity index (χ0) is 42.6. The summed E-state index contributed by atoms with van der Waals surface area (Å²) in [5, 5.41) is 14.5. The highest BCUT2D eigenvalue weighted by Crippen LogP contribution is 2.38. The van der Waals surface area contributed by atoms with Crippen LogP contribution in [0.5, 0.6) is 0 Å². The third-order valence-corrected chi connectivity index (χ3v) is 12.4. The van der Waals surface area contributed by atoms with Crippen LogP contribution < -0.4 is 0 Å². The van der Waals surface area contributed by atoms with Gasteiger partial charge >= 0.3 is 0 Å². The maximum Gasteiger partial charge on any atom is 0.160 e. The Hall–Kier alpha value is -8.85. The number of aromatic nitrogens is 4. The Labute approximate surface area is 370 Å². The molecule has 0 aliphatic heterocycles. The van der Waals surface area contributed by atoms with Gasteiger partial charge in [-0.3, -0.25) is 0 Å². The Bertz CT molecular complexity index is 3710. The molecule has 64 heavy (non-hydrogen) atoms. The molecular formula is C59H37N5. The van der Waals surface area contributed by atoms with Crippen LogP contribution in [0.15, 0.2) is 224 Å². The van der Waals surface area contributed by atoms with Crippen LogP contribution >= 0.6 is 0 Å². The monoisotopic (exact) mass is 815 g/mol. The summed E-state index contributed by atoms with van der Waals surface area (Å²) < 4.78 is 4.77. The van der Waals surface area contributed by atoms with Gasteiger partial charge in [-0.1, -0.05) is 158 Å². The summed E-state index contributed by atoms with van der Waals surface area (Å²) in [6.45, 7) is 0. The second-order valence-corrected chi connectivity index (χ2v) is 16.1. The lowest BCUT2D eigenvalue weighted by Crippen LogP contribution is -1.96. The zero-order valence-electron chi connectivity index (χ0n) is 34.6. The summed E-state index contributed by atoms with van der Waals surface area (Å²) in [5.74, 6) is 0.585. The second kappa shape index (κ2) is 15.3. The number of hydrogen-bond donors (Lipinski definition) is 0. The van der Waals surface area contributed by atoms with Crippen LogP contribution in [0.3, 0.4) is 0 Å². The smallest absolute Gasteiger partial charge is 0.160 e. The Morgan fingerprint density at radius 3 is 1.30 bits per heavy atom. The predicted octanol–water partition coefficient (Wildman–Crippen LogP) is 14.9. The molecule has 0 saturated heterocycles. The van der Waals surface area contributed by atoms with E-state index in [-0.39, 0.29) is 0 Å². The molecule has 0 N–H and O–H groups in total. The maximum absolute atomic E-state index is 9.54. The summed E-state index contributed by atoms with van der Waals surface area (Å²) in [5.41, 5.74) is 16.7. The topological polar surface area (TPSA) is 59.4 Å². The largest absolute Gasteiger partial charge is 0.309 e. The fraction of sp³-hybridized carbons (Fsp3) is 0. The summed E-state index contributed by atoms with van der Waals surface area (Å²) >= 11 is 0. The van der Waals surface area contributed by atoms with Crippen molar-refractivity contribution < 1.29 is 0 Å². The fourth-order valence-electron chi connectivity index (χ4n) is 9.28. The van der Waals surface area contributed by atoms with E-state index in [2.05, 4.69) is 191 Å². The minimum Gasteiger partial charge on any atom is -0.309 e. The van der Waals surface area contributed by atoms with Gasteiger partial charge in [-0.25, -0.2) is 9.97 Å². The van der Waals surface area contributed by atoms with Gasteiger partial charge in [-0.2, -0.15) is 5.26 Å². The molecule has 3 aromatic heterocycles. The molecule has 0 unspecified atom stereocenters. The first-order chi connectivity index (χ1) is 31.7. The number of nitrogens with zero attached hydrogens (tertiary/aromatic N) is 5. The van der Waals surface area contributed by atoms with Crippen molar-refractivity contribution in [2.75, 3.05) is 0 Å². The minimum absolute atomic E-state index is 0.575. The van der Waals surface area contributed by atoms with E-state index in [0.29, 0.717) is 11.4 Å². The van der Waals surface area contributed by atoms with Crippen molar-refractivity contribution in [1.82, 2.24) is 19.1 Å². The first-order valence-electron chi connectivity index (χ1n) is 21.5. The van der Waals surface area contributed by atoms with Crippen LogP contribution in [0.25, 0.3) is 111 Å². The Morgan fingerprint density at radius 1 is 0.312 bits per heavy atom. The molecule has 0 saturated carbocycles. The van der Waals surface area contributed by atoms with Crippen molar-refractivity contribution >= 4 is 43.6 Å². The highest BCUT2D eigenvalue weighted by molar-refractivity contribution is 6.12. The molecule has 0 aliphatic rings. The molecule has 0 bridgehead atoms. The van der Waals surface area contributed by atoms with E-state index in [4.69, 9.17) is 9.97 Å². The van der Waals surface area contributed by atoms with Crippen LogP contribution in [0.2, 0.25) is 0 Å². The van der Waals surface area contributed by atoms with E-state index in [1.54, 1.807) is 6.07 Å². The molecule has 0 amide bonds. The van der Waals surface area contributed by atoms with E-state index < -0.39 is 0 Å². The number of para-hydroxylation sites is 3. The molecule has 0 radical (unpaired) electrons. The van der Waals surface area contributed by atoms with Crippen molar-refractivity contribution in [3.63, 3.8) is 0 Å². The van der Waals surface area contributed by atoms with E-state index in [1.807, 2.05) is 42.5 Å². The van der Waals surface area contributed by atoms with Crippen molar-refractivity contribution in [3.8, 4) is 73.6 Å². The quantitative estimate of drug-likeness (QED) is 0.161. The summed E-state index contributed by atoms with van der Waals surface area (Å²) in [7, 11) is 0. The SMILES string of the molecule is N#Cc1cccc(-c2nc(-c3ccccc3)cc(-c3ccc(-c4ccc(-c5ccc(-n6c7ccccc7c7cc(-n8c9ccccc9c9ccccc98)ccc76)cc5)cc4)cc3)n2)c1. The third kappa shape index (κ3) is 6.33. The Morgan fingerprint density at radius 2 is 0.734 bits per heavy atom. The van der Waals surface area contributed by atoms with Crippen LogP contribution in [-0.2, 0) is 0 Å². The normalized spacial score (nSPS) is 11.4. The molecule has 3 heterocycles. The average molecular weight is 816 g/mol. The molecular weight excluding hydrogens is 779 g/mol. The number of nitriles is 1. The lowest BCUT2D eigenvalue weighted by Gasteiger charge is -2.11. The van der Waals surface area contributed by atoms with E-state index in [0.717, 1.165) is 61.7 Å². The Kier molecular flexibility index (Phi) is 8.81. The molecule has 0 atom stereocenters. The van der Waals surface area contributed by atoms with E-state index in [1.165, 1.54) is 43.6 Å². The lowest BCUT2D eigenvalue weighted by molar-refractivity contribution is 1.17. The fourth-order valence-corrected chi connectivity index (χ4v) is 9.28. The minimum atomic E-state index is 0.575. The van der Waals surface area contributed by atoms with Crippen molar-refractivity contribution in [2.45, 2.75) is 0 Å². The number of benzene rings is 9.